The van der Waals surface area contributed by atoms with Crippen LogP contribution in [-0.2, 0) is 9.59 Å². The molecule has 0 radical (unpaired) electrons. The molecule has 1 aliphatic rings. The molecule has 0 saturated carbocycles. The molecule has 3 rings (SSSR count). The second-order valence-electron chi connectivity index (χ2n) is 5.91. The third-order valence-corrected chi connectivity index (χ3v) is 3.87. The zero-order valence-electron chi connectivity index (χ0n) is 13.6. The molecule has 1 N–H and O–H groups in total. The van der Waals surface area contributed by atoms with Crippen molar-refractivity contribution in [3.05, 3.63) is 54.1 Å². The number of rotatable bonds is 5. The first-order chi connectivity index (χ1) is 11.6. The maximum absolute atomic E-state index is 12.0. The number of amides is 2. The molecule has 1 saturated heterocycles. The van der Waals surface area contributed by atoms with Crippen LogP contribution in [0.4, 0.5) is 5.69 Å². The fourth-order valence-corrected chi connectivity index (χ4v) is 2.67. The van der Waals surface area contributed by atoms with Crippen LogP contribution in [0.3, 0.4) is 0 Å². The zero-order valence-corrected chi connectivity index (χ0v) is 13.6. The van der Waals surface area contributed by atoms with Crippen LogP contribution in [0.25, 0.3) is 0 Å². The van der Waals surface area contributed by atoms with Gasteiger partial charge in [-0.05, 0) is 55.3 Å². The van der Waals surface area contributed by atoms with E-state index < -0.39 is 0 Å². The van der Waals surface area contributed by atoms with E-state index in [1.807, 2.05) is 31.2 Å². The van der Waals surface area contributed by atoms with Gasteiger partial charge in [-0.1, -0.05) is 12.1 Å². The van der Waals surface area contributed by atoms with Crippen molar-refractivity contribution in [2.24, 2.45) is 0 Å². The third kappa shape index (κ3) is 4.13. The number of nitrogens with one attached hydrogen (secondary N) is 1. The average Bonchev–Trinajstić information content (AvgIpc) is 2.94. The van der Waals surface area contributed by atoms with E-state index in [1.54, 1.807) is 29.2 Å². The summed E-state index contributed by atoms with van der Waals surface area (Å²) < 4.78 is 5.78. The molecule has 5 nitrogen and oxygen atoms in total. The number of nitrogens with zero attached hydrogens (tertiary/aromatic N) is 1. The first kappa shape index (κ1) is 16.1. The molecule has 5 heteroatoms. The molecule has 124 valence electrons. The number of anilines is 1. The Hall–Kier alpha value is -2.82. The Morgan fingerprint density at radius 3 is 2.62 bits per heavy atom. The quantitative estimate of drug-likeness (QED) is 0.917. The summed E-state index contributed by atoms with van der Waals surface area (Å²) in [7, 11) is 0. The molecular weight excluding hydrogens is 304 g/mol. The van der Waals surface area contributed by atoms with Gasteiger partial charge in [0, 0.05) is 18.7 Å². The number of hydrogen-bond acceptors (Lipinski definition) is 3. The summed E-state index contributed by atoms with van der Waals surface area (Å²) in [6, 6.07) is 15.0. The van der Waals surface area contributed by atoms with Gasteiger partial charge in [-0.15, -0.1) is 0 Å². The summed E-state index contributed by atoms with van der Waals surface area (Å²) in [5.41, 5.74) is 1.82. The molecule has 0 bridgehead atoms. The molecule has 1 heterocycles. The van der Waals surface area contributed by atoms with Gasteiger partial charge in [0.2, 0.25) is 11.8 Å². The van der Waals surface area contributed by atoms with Gasteiger partial charge in [0.15, 0.2) is 0 Å². The maximum Gasteiger partial charge on any atom is 0.243 e. The Balaban J connectivity index is 1.56. The average molecular weight is 324 g/mol. The lowest BCUT2D eigenvalue weighted by molar-refractivity contribution is -0.131. The summed E-state index contributed by atoms with van der Waals surface area (Å²) in [4.78, 5) is 25.1. The second kappa shape index (κ2) is 7.17. The van der Waals surface area contributed by atoms with Crippen molar-refractivity contribution in [2.45, 2.75) is 19.8 Å². The summed E-state index contributed by atoms with van der Waals surface area (Å²) in [5, 5.41) is 2.80. The van der Waals surface area contributed by atoms with Crippen LogP contribution in [0.5, 0.6) is 11.5 Å². The zero-order chi connectivity index (χ0) is 16.9. The van der Waals surface area contributed by atoms with Crippen molar-refractivity contribution in [1.29, 1.82) is 0 Å². The molecule has 0 aromatic heterocycles. The van der Waals surface area contributed by atoms with Crippen molar-refractivity contribution >= 4 is 17.5 Å². The third-order valence-electron chi connectivity index (χ3n) is 3.87. The highest BCUT2D eigenvalue weighted by Gasteiger charge is 2.22. The van der Waals surface area contributed by atoms with Crippen LogP contribution in [-0.4, -0.2) is 29.8 Å². The molecule has 0 aliphatic carbocycles. The lowest BCUT2D eigenvalue weighted by atomic mass is 10.2. The van der Waals surface area contributed by atoms with E-state index in [9.17, 15) is 9.59 Å². The number of benzene rings is 2. The molecule has 0 unspecified atom stereocenters. The highest BCUT2D eigenvalue weighted by molar-refractivity contribution is 5.94. The predicted molar refractivity (Wildman–Crippen MR) is 92.1 cm³/mol. The first-order valence-corrected chi connectivity index (χ1v) is 8.02. The van der Waals surface area contributed by atoms with Crippen LogP contribution in [0.1, 0.15) is 18.4 Å². The van der Waals surface area contributed by atoms with E-state index >= 15 is 0 Å². The minimum absolute atomic E-state index is 0.0482. The topological polar surface area (TPSA) is 58.6 Å². The number of carbonyl (C=O) groups excluding carboxylic acids is 2. The van der Waals surface area contributed by atoms with Crippen molar-refractivity contribution in [2.75, 3.05) is 18.4 Å². The van der Waals surface area contributed by atoms with Gasteiger partial charge in [0.25, 0.3) is 0 Å². The smallest absolute Gasteiger partial charge is 0.243 e. The standard InChI is InChI=1S/C19H20N2O3/c1-14-4-2-5-17(12-14)24-16-9-7-15(8-10-16)20-18(22)13-21-11-3-6-19(21)23/h2,4-5,7-10,12H,3,6,11,13H2,1H3,(H,20,22). The molecule has 0 spiro atoms. The van der Waals surface area contributed by atoms with E-state index in [0.717, 1.165) is 17.7 Å². The van der Waals surface area contributed by atoms with Gasteiger partial charge >= 0.3 is 0 Å². The summed E-state index contributed by atoms with van der Waals surface area (Å²) in [5.74, 6) is 1.34. The molecule has 0 atom stereocenters. The van der Waals surface area contributed by atoms with Gasteiger partial charge < -0.3 is 15.0 Å². The Morgan fingerprint density at radius 1 is 1.17 bits per heavy atom. The van der Waals surface area contributed by atoms with Gasteiger partial charge in [-0.3, -0.25) is 9.59 Å². The van der Waals surface area contributed by atoms with E-state index in [-0.39, 0.29) is 18.4 Å². The SMILES string of the molecule is Cc1cccc(Oc2ccc(NC(=O)CN3CCCC3=O)cc2)c1. The van der Waals surface area contributed by atoms with Crippen LogP contribution < -0.4 is 10.1 Å². The monoisotopic (exact) mass is 324 g/mol. The number of aryl methyl sites for hydroxylation is 1. The Bertz CT molecular complexity index is 741. The fourth-order valence-electron chi connectivity index (χ4n) is 2.67. The van der Waals surface area contributed by atoms with Crippen LogP contribution in [0, 0.1) is 6.92 Å². The van der Waals surface area contributed by atoms with Gasteiger partial charge in [-0.2, -0.15) is 0 Å². The van der Waals surface area contributed by atoms with Gasteiger partial charge in [-0.25, -0.2) is 0 Å². The molecule has 2 aromatic carbocycles. The minimum Gasteiger partial charge on any atom is -0.457 e. The van der Waals surface area contributed by atoms with E-state index in [1.165, 1.54) is 0 Å². The normalized spacial score (nSPS) is 13.9. The largest absolute Gasteiger partial charge is 0.457 e. The Labute approximate surface area is 141 Å². The van der Waals surface area contributed by atoms with Crippen molar-refractivity contribution in [3.63, 3.8) is 0 Å². The second-order valence-corrected chi connectivity index (χ2v) is 5.91. The Kier molecular flexibility index (Phi) is 4.79. The lowest BCUT2D eigenvalue weighted by Gasteiger charge is -2.15. The first-order valence-electron chi connectivity index (χ1n) is 8.02. The molecule has 2 amide bonds. The van der Waals surface area contributed by atoms with Crippen LogP contribution in [0.15, 0.2) is 48.5 Å². The molecule has 1 aliphatic heterocycles. The van der Waals surface area contributed by atoms with Crippen molar-refractivity contribution in [3.8, 4) is 11.5 Å². The summed E-state index contributed by atoms with van der Waals surface area (Å²) in [6.45, 7) is 2.78. The van der Waals surface area contributed by atoms with Crippen molar-refractivity contribution < 1.29 is 14.3 Å². The number of carbonyl (C=O) groups is 2. The van der Waals surface area contributed by atoms with Crippen LogP contribution in [0.2, 0.25) is 0 Å². The number of ether oxygens (including phenoxy) is 1. The summed E-state index contributed by atoms with van der Waals surface area (Å²) in [6.07, 6.45) is 1.37. The predicted octanol–water partition coefficient (Wildman–Crippen LogP) is 3.35. The van der Waals surface area contributed by atoms with Crippen molar-refractivity contribution in [1.82, 2.24) is 4.90 Å². The highest BCUT2D eigenvalue weighted by Crippen LogP contribution is 2.23. The minimum atomic E-state index is -0.183. The number of likely N-dealkylation sites (tertiary alicyclic amines) is 1. The van der Waals surface area contributed by atoms with E-state index in [4.69, 9.17) is 4.74 Å². The van der Waals surface area contributed by atoms with Crippen LogP contribution >= 0.6 is 0 Å². The number of hydrogen-bond donors (Lipinski definition) is 1. The molecular formula is C19H20N2O3. The Morgan fingerprint density at radius 2 is 1.96 bits per heavy atom. The fraction of sp³-hybridized carbons (Fsp3) is 0.263. The highest BCUT2D eigenvalue weighted by atomic mass is 16.5. The summed E-state index contributed by atoms with van der Waals surface area (Å²) >= 11 is 0. The molecule has 2 aromatic rings. The molecule has 1 fully saturated rings. The lowest BCUT2D eigenvalue weighted by Crippen LogP contribution is -2.33. The van der Waals surface area contributed by atoms with Gasteiger partial charge in [0.05, 0.1) is 6.54 Å². The van der Waals surface area contributed by atoms with Gasteiger partial charge in [0.1, 0.15) is 11.5 Å². The molecule has 24 heavy (non-hydrogen) atoms. The maximum atomic E-state index is 12.0. The van der Waals surface area contributed by atoms with E-state index in [0.29, 0.717) is 24.4 Å². The van der Waals surface area contributed by atoms with E-state index in [2.05, 4.69) is 5.32 Å².